The van der Waals surface area contributed by atoms with Crippen molar-refractivity contribution in [3.63, 3.8) is 0 Å². The number of ether oxygens (including phenoxy) is 1. The van der Waals surface area contributed by atoms with Crippen LogP contribution in [0.3, 0.4) is 0 Å². The molecule has 0 spiro atoms. The summed E-state index contributed by atoms with van der Waals surface area (Å²) in [6.07, 6.45) is 0.153. The second kappa shape index (κ2) is 6.20. The summed E-state index contributed by atoms with van der Waals surface area (Å²) in [7, 11) is 1.73. The minimum absolute atomic E-state index is 0.0636. The molecule has 1 aliphatic rings. The van der Waals surface area contributed by atoms with Gasteiger partial charge in [0.1, 0.15) is 5.75 Å². The zero-order valence-electron chi connectivity index (χ0n) is 12.5. The number of carbonyl (C=O) groups is 1. The van der Waals surface area contributed by atoms with Crippen molar-refractivity contribution < 1.29 is 14.6 Å². The molecule has 2 aromatic rings. The molecule has 1 aliphatic heterocycles. The molecule has 4 heteroatoms. The largest absolute Gasteiger partial charge is 0.493 e. The van der Waals surface area contributed by atoms with Crippen LogP contribution in [0.1, 0.15) is 23.7 Å². The van der Waals surface area contributed by atoms with Crippen LogP contribution in [0.25, 0.3) is 0 Å². The first-order chi connectivity index (χ1) is 10.6. The Labute approximate surface area is 130 Å². The fourth-order valence-electron chi connectivity index (χ4n) is 2.62. The van der Waals surface area contributed by atoms with E-state index in [4.69, 9.17) is 4.74 Å². The van der Waals surface area contributed by atoms with Gasteiger partial charge in [-0.25, -0.2) is 0 Å². The number of amides is 1. The smallest absolute Gasteiger partial charge is 0.229 e. The molecular formula is C18H19NO3. The number of hydrogen-bond acceptors (Lipinski definition) is 3. The molecule has 1 heterocycles. The number of fused-ring (bicyclic) bond motifs is 1. The maximum atomic E-state index is 12.4. The van der Waals surface area contributed by atoms with E-state index < -0.39 is 6.10 Å². The maximum Gasteiger partial charge on any atom is 0.229 e. The fourth-order valence-corrected chi connectivity index (χ4v) is 2.62. The van der Waals surface area contributed by atoms with Crippen LogP contribution >= 0.6 is 0 Å². The molecule has 1 unspecified atom stereocenters. The quantitative estimate of drug-likeness (QED) is 0.944. The molecule has 0 fully saturated rings. The Morgan fingerprint density at radius 2 is 2.05 bits per heavy atom. The van der Waals surface area contributed by atoms with E-state index in [0.717, 1.165) is 29.0 Å². The molecule has 0 saturated carbocycles. The summed E-state index contributed by atoms with van der Waals surface area (Å²) in [5, 5.41) is 10.2. The van der Waals surface area contributed by atoms with E-state index in [1.165, 1.54) is 0 Å². The van der Waals surface area contributed by atoms with Gasteiger partial charge in [-0.1, -0.05) is 30.3 Å². The number of hydrogen-bond donors (Lipinski definition) is 1. The van der Waals surface area contributed by atoms with Crippen molar-refractivity contribution in [1.82, 2.24) is 0 Å². The molecule has 0 bridgehead atoms. The second-order valence-electron chi connectivity index (χ2n) is 5.47. The fraction of sp³-hybridized carbons (Fsp3) is 0.278. The molecule has 0 radical (unpaired) electrons. The molecule has 1 amide bonds. The molecule has 1 atom stereocenters. The summed E-state index contributed by atoms with van der Waals surface area (Å²) >= 11 is 0. The van der Waals surface area contributed by atoms with Crippen LogP contribution < -0.4 is 9.64 Å². The number of benzene rings is 2. The van der Waals surface area contributed by atoms with Gasteiger partial charge in [-0.3, -0.25) is 4.79 Å². The van der Waals surface area contributed by atoms with Crippen molar-refractivity contribution in [2.24, 2.45) is 0 Å². The van der Waals surface area contributed by atoms with Gasteiger partial charge in [0.25, 0.3) is 0 Å². The lowest BCUT2D eigenvalue weighted by Crippen LogP contribution is -2.27. The molecular weight excluding hydrogens is 278 g/mol. The highest BCUT2D eigenvalue weighted by atomic mass is 16.5. The van der Waals surface area contributed by atoms with Gasteiger partial charge in [-0.2, -0.15) is 0 Å². The summed E-state index contributed by atoms with van der Waals surface area (Å²) in [6.45, 7) is 0.698. The van der Waals surface area contributed by atoms with Crippen molar-refractivity contribution in [2.75, 3.05) is 18.6 Å². The van der Waals surface area contributed by atoms with E-state index in [2.05, 4.69) is 0 Å². The predicted molar refractivity (Wildman–Crippen MR) is 85.1 cm³/mol. The highest BCUT2D eigenvalue weighted by Crippen LogP contribution is 2.29. The second-order valence-corrected chi connectivity index (χ2v) is 5.47. The zero-order valence-corrected chi connectivity index (χ0v) is 12.5. The SMILES string of the molecule is CN(C(=O)CC(O)c1ccccc1)c1ccc2c(c1)CCO2. The first kappa shape index (κ1) is 14.6. The van der Waals surface area contributed by atoms with Crippen LogP contribution in [0, 0.1) is 0 Å². The highest BCUT2D eigenvalue weighted by molar-refractivity contribution is 5.93. The van der Waals surface area contributed by atoms with Gasteiger partial charge in [0.05, 0.1) is 19.1 Å². The maximum absolute atomic E-state index is 12.4. The molecule has 0 saturated heterocycles. The molecule has 3 rings (SSSR count). The Morgan fingerprint density at radius 3 is 2.82 bits per heavy atom. The van der Waals surface area contributed by atoms with Crippen molar-refractivity contribution in [2.45, 2.75) is 18.9 Å². The van der Waals surface area contributed by atoms with E-state index in [1.807, 2.05) is 48.5 Å². The molecule has 0 aromatic heterocycles. The molecule has 0 aliphatic carbocycles. The van der Waals surface area contributed by atoms with Gasteiger partial charge < -0.3 is 14.7 Å². The average molecular weight is 297 g/mol. The van der Waals surface area contributed by atoms with Crippen LogP contribution in [0.5, 0.6) is 5.75 Å². The van der Waals surface area contributed by atoms with Gasteiger partial charge in [0, 0.05) is 19.2 Å². The lowest BCUT2D eigenvalue weighted by molar-refractivity contribution is -0.120. The Kier molecular flexibility index (Phi) is 4.11. The average Bonchev–Trinajstić information content (AvgIpc) is 3.02. The van der Waals surface area contributed by atoms with Crippen LogP contribution in [-0.2, 0) is 11.2 Å². The third-order valence-electron chi connectivity index (χ3n) is 3.99. The first-order valence-corrected chi connectivity index (χ1v) is 7.40. The number of rotatable bonds is 4. The zero-order chi connectivity index (χ0) is 15.5. The molecule has 4 nitrogen and oxygen atoms in total. The number of aliphatic hydroxyl groups excluding tert-OH is 1. The van der Waals surface area contributed by atoms with Gasteiger partial charge in [-0.15, -0.1) is 0 Å². The van der Waals surface area contributed by atoms with Crippen LogP contribution in [0.2, 0.25) is 0 Å². The van der Waals surface area contributed by atoms with Crippen molar-refractivity contribution >= 4 is 11.6 Å². The third kappa shape index (κ3) is 2.97. The van der Waals surface area contributed by atoms with Crippen molar-refractivity contribution in [3.05, 3.63) is 59.7 Å². The van der Waals surface area contributed by atoms with E-state index in [-0.39, 0.29) is 12.3 Å². The Morgan fingerprint density at radius 1 is 1.27 bits per heavy atom. The predicted octanol–water partition coefficient (Wildman–Crippen LogP) is 2.71. The van der Waals surface area contributed by atoms with Gasteiger partial charge in [0.2, 0.25) is 5.91 Å². The molecule has 1 N–H and O–H groups in total. The summed E-state index contributed by atoms with van der Waals surface area (Å²) in [5.41, 5.74) is 2.71. The van der Waals surface area contributed by atoms with Crippen LogP contribution in [0.15, 0.2) is 48.5 Å². The highest BCUT2D eigenvalue weighted by Gasteiger charge is 2.19. The Balaban J connectivity index is 1.69. The lowest BCUT2D eigenvalue weighted by Gasteiger charge is -2.20. The minimum atomic E-state index is -0.783. The van der Waals surface area contributed by atoms with Crippen LogP contribution in [-0.4, -0.2) is 24.7 Å². The lowest BCUT2D eigenvalue weighted by atomic mass is 10.1. The van der Waals surface area contributed by atoms with Gasteiger partial charge in [-0.05, 0) is 29.3 Å². The van der Waals surface area contributed by atoms with Crippen molar-refractivity contribution in [1.29, 1.82) is 0 Å². The van der Waals surface area contributed by atoms with E-state index in [1.54, 1.807) is 11.9 Å². The van der Waals surface area contributed by atoms with Gasteiger partial charge >= 0.3 is 0 Å². The van der Waals surface area contributed by atoms with Gasteiger partial charge in [0.15, 0.2) is 0 Å². The molecule has 114 valence electrons. The van der Waals surface area contributed by atoms with E-state index in [9.17, 15) is 9.90 Å². The molecule has 2 aromatic carbocycles. The minimum Gasteiger partial charge on any atom is -0.493 e. The van der Waals surface area contributed by atoms with Crippen LogP contribution in [0.4, 0.5) is 5.69 Å². The standard InChI is InChI=1S/C18H19NO3/c1-19(15-7-8-17-14(11-15)9-10-22-17)18(21)12-16(20)13-5-3-2-4-6-13/h2-8,11,16,20H,9-10,12H2,1H3. The molecule has 22 heavy (non-hydrogen) atoms. The summed E-state index contributed by atoms with van der Waals surface area (Å²) in [6, 6.07) is 15.0. The first-order valence-electron chi connectivity index (χ1n) is 7.40. The number of carbonyl (C=O) groups excluding carboxylic acids is 1. The Bertz CT molecular complexity index is 669. The number of anilines is 1. The Hall–Kier alpha value is -2.33. The normalized spacial score (nSPS) is 14.1. The van der Waals surface area contributed by atoms with E-state index in [0.29, 0.717) is 6.61 Å². The van der Waals surface area contributed by atoms with E-state index >= 15 is 0 Å². The number of aliphatic hydroxyl groups is 1. The summed E-state index contributed by atoms with van der Waals surface area (Å²) in [5.74, 6) is 0.782. The summed E-state index contributed by atoms with van der Waals surface area (Å²) < 4.78 is 5.47. The monoisotopic (exact) mass is 297 g/mol. The van der Waals surface area contributed by atoms with Crippen molar-refractivity contribution in [3.8, 4) is 5.75 Å². The number of nitrogens with zero attached hydrogens (tertiary/aromatic N) is 1. The summed E-state index contributed by atoms with van der Waals surface area (Å²) in [4.78, 5) is 14.0. The topological polar surface area (TPSA) is 49.8 Å². The third-order valence-corrected chi connectivity index (χ3v) is 3.99.